The molecule has 1 N–H and O–H groups in total. The standard InChI is InChI=1S/C25H27N5O4/c1-17-4-6-18(7-5-17)15-29-16-27-24-20(25(29)32)14-28-30(24)11-10-26-23(31)13-19-8-9-21(33-2)22(12-19)34-3/h4-9,12,14,16H,10-11,13,15H2,1-3H3,(H,26,31). The summed E-state index contributed by atoms with van der Waals surface area (Å²) in [5.41, 5.74) is 3.37. The molecule has 2 heterocycles. The monoisotopic (exact) mass is 461 g/mol. The van der Waals surface area contributed by atoms with Gasteiger partial charge in [0, 0.05) is 6.54 Å². The van der Waals surface area contributed by atoms with Gasteiger partial charge < -0.3 is 14.8 Å². The van der Waals surface area contributed by atoms with Gasteiger partial charge in [0.25, 0.3) is 5.56 Å². The number of ether oxygens (including phenoxy) is 2. The Morgan fingerprint density at radius 3 is 2.50 bits per heavy atom. The molecule has 4 rings (SSSR count). The van der Waals surface area contributed by atoms with E-state index in [1.54, 1.807) is 41.9 Å². The van der Waals surface area contributed by atoms with Gasteiger partial charge in [0.1, 0.15) is 11.7 Å². The average molecular weight is 462 g/mol. The number of hydrogen-bond acceptors (Lipinski definition) is 6. The zero-order valence-corrected chi connectivity index (χ0v) is 19.4. The summed E-state index contributed by atoms with van der Waals surface area (Å²) in [6.07, 6.45) is 3.28. The maximum Gasteiger partial charge on any atom is 0.264 e. The molecule has 0 radical (unpaired) electrons. The third-order valence-corrected chi connectivity index (χ3v) is 5.55. The number of fused-ring (bicyclic) bond motifs is 1. The quantitative estimate of drug-likeness (QED) is 0.411. The Hall–Kier alpha value is -4.14. The molecule has 0 unspecified atom stereocenters. The second-order valence-electron chi connectivity index (χ2n) is 7.98. The Kier molecular flexibility index (Phi) is 6.91. The van der Waals surface area contributed by atoms with Crippen LogP contribution in [-0.2, 0) is 24.3 Å². The molecule has 34 heavy (non-hydrogen) atoms. The number of hydrogen-bond donors (Lipinski definition) is 1. The van der Waals surface area contributed by atoms with Gasteiger partial charge in [-0.15, -0.1) is 0 Å². The van der Waals surface area contributed by atoms with Crippen LogP contribution in [0.5, 0.6) is 11.5 Å². The van der Waals surface area contributed by atoms with Gasteiger partial charge in [-0.25, -0.2) is 9.67 Å². The smallest absolute Gasteiger partial charge is 0.264 e. The molecule has 176 valence electrons. The predicted octanol–water partition coefficient (Wildman–Crippen LogP) is 2.33. The van der Waals surface area contributed by atoms with Gasteiger partial charge in [0.05, 0.1) is 39.9 Å². The van der Waals surface area contributed by atoms with Crippen LogP contribution in [0, 0.1) is 6.92 Å². The number of methoxy groups -OCH3 is 2. The first-order valence-electron chi connectivity index (χ1n) is 10.9. The molecule has 1 amide bonds. The van der Waals surface area contributed by atoms with Crippen LogP contribution in [0.3, 0.4) is 0 Å². The zero-order valence-electron chi connectivity index (χ0n) is 19.4. The Labute approximate surface area is 197 Å². The fourth-order valence-electron chi connectivity index (χ4n) is 3.70. The lowest BCUT2D eigenvalue weighted by molar-refractivity contribution is -0.120. The van der Waals surface area contributed by atoms with Crippen LogP contribution in [0.1, 0.15) is 16.7 Å². The van der Waals surface area contributed by atoms with Gasteiger partial charge in [-0.1, -0.05) is 35.9 Å². The third-order valence-electron chi connectivity index (χ3n) is 5.55. The van der Waals surface area contributed by atoms with Crippen molar-refractivity contribution in [1.29, 1.82) is 0 Å². The van der Waals surface area contributed by atoms with Gasteiger partial charge in [0.15, 0.2) is 17.1 Å². The van der Waals surface area contributed by atoms with Crippen LogP contribution in [0.4, 0.5) is 0 Å². The van der Waals surface area contributed by atoms with E-state index in [0.29, 0.717) is 42.2 Å². The molecular weight excluding hydrogens is 434 g/mol. The summed E-state index contributed by atoms with van der Waals surface area (Å²) in [5.74, 6) is 1.06. The minimum Gasteiger partial charge on any atom is -0.493 e. The highest BCUT2D eigenvalue weighted by Gasteiger charge is 2.12. The molecule has 0 fully saturated rings. The number of nitrogens with zero attached hydrogens (tertiary/aromatic N) is 4. The molecule has 4 aromatic rings. The molecule has 0 saturated carbocycles. The van der Waals surface area contributed by atoms with Crippen molar-refractivity contribution >= 4 is 16.9 Å². The number of amides is 1. The molecule has 0 aliphatic carbocycles. The van der Waals surface area contributed by atoms with Crippen molar-refractivity contribution in [2.45, 2.75) is 26.4 Å². The fraction of sp³-hybridized carbons (Fsp3) is 0.280. The summed E-state index contributed by atoms with van der Waals surface area (Å²) in [4.78, 5) is 29.7. The molecule has 0 aliphatic rings. The van der Waals surface area contributed by atoms with E-state index in [-0.39, 0.29) is 17.9 Å². The van der Waals surface area contributed by atoms with E-state index in [2.05, 4.69) is 15.4 Å². The Balaban J connectivity index is 1.37. The number of nitrogens with one attached hydrogen (secondary N) is 1. The van der Waals surface area contributed by atoms with Crippen molar-refractivity contribution in [2.75, 3.05) is 20.8 Å². The van der Waals surface area contributed by atoms with E-state index in [1.807, 2.05) is 37.3 Å². The lowest BCUT2D eigenvalue weighted by Gasteiger charge is -2.10. The number of aromatic nitrogens is 4. The molecule has 0 atom stereocenters. The van der Waals surface area contributed by atoms with E-state index < -0.39 is 0 Å². The first kappa shape index (κ1) is 23.0. The topological polar surface area (TPSA) is 100 Å². The van der Waals surface area contributed by atoms with Gasteiger partial charge in [-0.05, 0) is 30.2 Å². The second kappa shape index (κ2) is 10.2. The van der Waals surface area contributed by atoms with Crippen molar-refractivity contribution in [3.63, 3.8) is 0 Å². The van der Waals surface area contributed by atoms with Crippen LogP contribution in [0.2, 0.25) is 0 Å². The van der Waals surface area contributed by atoms with Crippen LogP contribution < -0.4 is 20.3 Å². The van der Waals surface area contributed by atoms with Gasteiger partial charge in [-0.3, -0.25) is 14.2 Å². The second-order valence-corrected chi connectivity index (χ2v) is 7.98. The molecule has 0 saturated heterocycles. The Bertz CT molecular complexity index is 1360. The number of carbonyl (C=O) groups is 1. The van der Waals surface area contributed by atoms with Crippen LogP contribution >= 0.6 is 0 Å². The fourth-order valence-corrected chi connectivity index (χ4v) is 3.70. The Morgan fingerprint density at radius 2 is 1.76 bits per heavy atom. The largest absolute Gasteiger partial charge is 0.493 e. The normalized spacial score (nSPS) is 10.9. The highest BCUT2D eigenvalue weighted by Crippen LogP contribution is 2.27. The molecule has 9 heteroatoms. The highest BCUT2D eigenvalue weighted by atomic mass is 16.5. The van der Waals surface area contributed by atoms with Crippen molar-refractivity contribution < 1.29 is 14.3 Å². The van der Waals surface area contributed by atoms with Gasteiger partial charge >= 0.3 is 0 Å². The maximum atomic E-state index is 12.9. The van der Waals surface area contributed by atoms with E-state index in [9.17, 15) is 9.59 Å². The van der Waals surface area contributed by atoms with Crippen molar-refractivity contribution in [3.05, 3.63) is 82.0 Å². The molecule has 0 aliphatic heterocycles. The van der Waals surface area contributed by atoms with Crippen LogP contribution in [0.25, 0.3) is 11.0 Å². The number of carbonyl (C=O) groups excluding carboxylic acids is 1. The summed E-state index contributed by atoms with van der Waals surface area (Å²) in [6.45, 7) is 3.22. The minimum absolute atomic E-state index is 0.128. The van der Waals surface area contributed by atoms with E-state index in [4.69, 9.17) is 9.47 Å². The minimum atomic E-state index is -0.144. The van der Waals surface area contributed by atoms with Crippen LogP contribution in [-0.4, -0.2) is 46.0 Å². The van der Waals surface area contributed by atoms with Crippen molar-refractivity contribution in [2.24, 2.45) is 0 Å². The Morgan fingerprint density at radius 1 is 1.03 bits per heavy atom. The zero-order chi connectivity index (χ0) is 24.1. The summed E-state index contributed by atoms with van der Waals surface area (Å²) in [6, 6.07) is 13.4. The number of aryl methyl sites for hydroxylation is 1. The first-order valence-corrected chi connectivity index (χ1v) is 10.9. The summed E-state index contributed by atoms with van der Waals surface area (Å²) in [5, 5.41) is 7.63. The summed E-state index contributed by atoms with van der Waals surface area (Å²) < 4.78 is 13.7. The van der Waals surface area contributed by atoms with Gasteiger partial charge in [-0.2, -0.15) is 5.10 Å². The first-order chi connectivity index (χ1) is 16.5. The van der Waals surface area contributed by atoms with E-state index in [0.717, 1.165) is 11.1 Å². The highest BCUT2D eigenvalue weighted by molar-refractivity contribution is 5.78. The summed E-state index contributed by atoms with van der Waals surface area (Å²) in [7, 11) is 3.12. The molecule has 2 aromatic carbocycles. The number of benzene rings is 2. The lowest BCUT2D eigenvalue weighted by atomic mass is 10.1. The molecule has 0 bridgehead atoms. The van der Waals surface area contributed by atoms with Crippen LogP contribution in [0.15, 0.2) is 59.8 Å². The van der Waals surface area contributed by atoms with Crippen molar-refractivity contribution in [3.8, 4) is 11.5 Å². The van der Waals surface area contributed by atoms with Gasteiger partial charge in [0.2, 0.25) is 5.91 Å². The summed E-state index contributed by atoms with van der Waals surface area (Å²) >= 11 is 0. The average Bonchev–Trinajstić information content (AvgIpc) is 3.25. The van der Waals surface area contributed by atoms with E-state index >= 15 is 0 Å². The molecule has 0 spiro atoms. The number of rotatable bonds is 9. The molecule has 2 aromatic heterocycles. The maximum absolute atomic E-state index is 12.9. The SMILES string of the molecule is COc1ccc(CC(=O)NCCn2ncc3c(=O)n(Cc4ccc(C)cc4)cnc32)cc1OC. The predicted molar refractivity (Wildman–Crippen MR) is 128 cm³/mol. The molecule has 9 nitrogen and oxygen atoms in total. The van der Waals surface area contributed by atoms with E-state index in [1.165, 1.54) is 11.8 Å². The third kappa shape index (κ3) is 5.09. The van der Waals surface area contributed by atoms with Crippen molar-refractivity contribution in [1.82, 2.24) is 24.6 Å². The lowest BCUT2D eigenvalue weighted by Crippen LogP contribution is -2.29. The molecular formula is C25H27N5O4.